The molecule has 1 aromatic carbocycles. The smallest absolute Gasteiger partial charge is 0.261 e. The molecule has 43 heavy (non-hydrogen) atoms. The van der Waals surface area contributed by atoms with E-state index in [0.29, 0.717) is 0 Å². The highest BCUT2D eigenvalue weighted by Crippen LogP contribution is 2.35. The molecule has 4 aromatic heterocycles. The van der Waals surface area contributed by atoms with Crippen LogP contribution in [-0.4, -0.2) is 27.9 Å². The normalized spacial score (nSPS) is 16.4. The highest BCUT2D eigenvalue weighted by Gasteiger charge is 2.18. The molecule has 1 N–H and O–H groups in total. The van der Waals surface area contributed by atoms with Crippen molar-refractivity contribution in [3.63, 3.8) is 0 Å². The summed E-state index contributed by atoms with van der Waals surface area (Å²) in [5.74, 6) is 1.49. The van der Waals surface area contributed by atoms with E-state index in [-0.39, 0.29) is 4.90 Å². The van der Waals surface area contributed by atoms with Crippen LogP contribution in [0.3, 0.4) is 0 Å². The maximum atomic E-state index is 10.6. The number of halogens is 3. The van der Waals surface area contributed by atoms with Crippen LogP contribution in [0.15, 0.2) is 72.1 Å². The van der Waals surface area contributed by atoms with Gasteiger partial charge in [0.2, 0.25) is 0 Å². The Hall–Kier alpha value is -1.70. The molecule has 2 fully saturated rings. The fourth-order valence-corrected chi connectivity index (χ4v) is 8.29. The van der Waals surface area contributed by atoms with Crippen LogP contribution in [0.5, 0.6) is 0 Å². The van der Waals surface area contributed by atoms with Crippen LogP contribution in [0, 0.1) is 7.14 Å². The number of rotatable bonds is 3. The molecule has 2 aliphatic carbocycles. The Bertz CT molecular complexity index is 1760. The van der Waals surface area contributed by atoms with Gasteiger partial charge in [-0.2, -0.15) is 0 Å². The Morgan fingerprint density at radius 1 is 0.814 bits per heavy atom. The van der Waals surface area contributed by atoms with Gasteiger partial charge >= 0.3 is 0 Å². The second-order valence-electron chi connectivity index (χ2n) is 11.4. The van der Waals surface area contributed by atoms with Crippen LogP contribution < -0.4 is 0 Å². The van der Waals surface area contributed by atoms with Crippen LogP contribution in [-0.2, 0) is 16.1 Å². The van der Waals surface area contributed by atoms with E-state index in [2.05, 4.69) is 102 Å². The number of aromatic nitrogens is 4. The van der Waals surface area contributed by atoms with Crippen molar-refractivity contribution < 1.29 is 8.42 Å². The summed E-state index contributed by atoms with van der Waals surface area (Å²) in [6.07, 6.45) is 22.1. The maximum absolute atomic E-state index is 10.6. The summed E-state index contributed by atoms with van der Waals surface area (Å²) in [5, 5.41) is 2.60. The average Bonchev–Trinajstić information content (AvgIpc) is 3.55. The molecule has 6 nitrogen and oxygen atoms in total. The van der Waals surface area contributed by atoms with Gasteiger partial charge in [-0.15, -0.1) is 0 Å². The monoisotopic (exact) mass is 842 g/mol. The van der Waals surface area contributed by atoms with Gasteiger partial charge in [-0.05, 0) is 118 Å². The third-order valence-electron chi connectivity index (χ3n) is 8.47. The summed E-state index contributed by atoms with van der Waals surface area (Å²) in [4.78, 5) is 12.5. The molecule has 5 aromatic rings. The average molecular weight is 843 g/mol. The van der Waals surface area contributed by atoms with E-state index in [1.54, 1.807) is 18.2 Å². The Morgan fingerprint density at radius 2 is 1.37 bits per heavy atom. The number of hydrogen-bond donors (Lipinski definition) is 1. The first kappa shape index (κ1) is 32.7. The van der Waals surface area contributed by atoms with Crippen molar-refractivity contribution in [2.24, 2.45) is 7.05 Å². The van der Waals surface area contributed by atoms with Crippen molar-refractivity contribution in [3.8, 4) is 0 Å². The van der Waals surface area contributed by atoms with Crippen LogP contribution in [0.1, 0.15) is 87.2 Å². The number of nitrogens with zero attached hydrogens (tertiary/aromatic N) is 3. The van der Waals surface area contributed by atoms with E-state index in [1.807, 2.05) is 6.20 Å². The molecule has 0 atom stereocenters. The van der Waals surface area contributed by atoms with Crippen molar-refractivity contribution in [3.05, 3.63) is 85.5 Å². The number of nitrogens with one attached hydrogen (secondary N) is 1. The van der Waals surface area contributed by atoms with Crippen LogP contribution >= 0.6 is 55.9 Å². The predicted molar refractivity (Wildman–Crippen MR) is 193 cm³/mol. The topological polar surface area (TPSA) is 80.6 Å². The zero-order valence-corrected chi connectivity index (χ0v) is 30.2. The second-order valence-corrected chi connectivity index (χ2v) is 16.3. The first-order valence-electron chi connectivity index (χ1n) is 14.9. The Kier molecular flexibility index (Phi) is 11.4. The molecule has 10 heteroatoms. The van der Waals surface area contributed by atoms with Gasteiger partial charge in [0.05, 0.1) is 4.90 Å². The highest BCUT2D eigenvalue weighted by atomic mass is 127. The molecule has 0 bridgehead atoms. The van der Waals surface area contributed by atoms with Crippen molar-refractivity contribution in [1.82, 2.24) is 19.5 Å². The van der Waals surface area contributed by atoms with Gasteiger partial charge in [0.15, 0.2) is 0 Å². The zero-order valence-electron chi connectivity index (χ0n) is 24.3. The van der Waals surface area contributed by atoms with E-state index in [1.165, 1.54) is 105 Å². The van der Waals surface area contributed by atoms with E-state index in [9.17, 15) is 8.42 Å². The lowest BCUT2D eigenvalue weighted by Gasteiger charge is -2.21. The van der Waals surface area contributed by atoms with Gasteiger partial charge in [-0.3, -0.25) is 0 Å². The van der Waals surface area contributed by atoms with E-state index >= 15 is 0 Å². The lowest BCUT2D eigenvalue weighted by molar-refractivity contribution is 0.443. The fourth-order valence-electron chi connectivity index (χ4n) is 6.12. The standard InChI is InChI=1S/C14H17IN2.C13H15IN2.C6H5ClO2S/c1-17-9-13(15)12-7-11(8-16-14(12)17)10-5-3-2-4-6-10;14-12-8-16-13-11(12)6-10(7-15-13)9-4-2-1-3-5-9;7-10(8,9)6-4-2-1-3-5-6/h7-10H,2-6H2,1H3;6-9H,1-5H2,(H,15,16);1-5H. The summed E-state index contributed by atoms with van der Waals surface area (Å²) in [6, 6.07) is 12.6. The fraction of sp³-hybridized carbons (Fsp3) is 0.394. The van der Waals surface area contributed by atoms with Gasteiger partial charge in [0, 0.05) is 60.4 Å². The van der Waals surface area contributed by atoms with Gasteiger partial charge in [0.1, 0.15) is 11.3 Å². The number of fused-ring (bicyclic) bond motifs is 2. The SMILES string of the molecule is Cn1cc(I)c2cc(C3CCCCC3)cnc21.Ic1c[nH]c2ncc(C3CCCCC3)cc12.O=S(=O)(Cl)c1ccccc1. The molecule has 0 saturated heterocycles. The number of aromatic amines is 1. The molecule has 0 amide bonds. The Labute approximate surface area is 286 Å². The number of H-pyrrole nitrogens is 1. The molecule has 4 heterocycles. The molecule has 7 rings (SSSR count). The largest absolute Gasteiger partial charge is 0.345 e. The van der Waals surface area contributed by atoms with Crippen LogP contribution in [0.25, 0.3) is 22.1 Å². The summed E-state index contributed by atoms with van der Waals surface area (Å²) in [5.41, 5.74) is 5.00. The zero-order chi connectivity index (χ0) is 30.4. The summed E-state index contributed by atoms with van der Waals surface area (Å²) >= 11 is 4.78. The van der Waals surface area contributed by atoms with Crippen molar-refractivity contribution in [1.29, 1.82) is 0 Å². The molecule has 0 spiro atoms. The third-order valence-corrected chi connectivity index (χ3v) is 11.6. The quantitative estimate of drug-likeness (QED) is 0.145. The molecule has 2 saturated carbocycles. The van der Waals surface area contributed by atoms with Gasteiger partial charge in [-0.1, -0.05) is 56.7 Å². The first-order chi connectivity index (χ1) is 20.7. The number of pyridine rings is 2. The molecule has 0 unspecified atom stereocenters. The maximum Gasteiger partial charge on any atom is 0.261 e. The molecule has 0 aliphatic heterocycles. The molecule has 228 valence electrons. The Morgan fingerprint density at radius 3 is 1.93 bits per heavy atom. The van der Waals surface area contributed by atoms with Crippen LogP contribution in [0.2, 0.25) is 0 Å². The first-order valence-corrected chi connectivity index (χ1v) is 19.4. The minimum atomic E-state index is -3.53. The molecule has 0 radical (unpaired) electrons. The van der Waals surface area contributed by atoms with Crippen molar-refractivity contribution >= 4 is 87.0 Å². The lowest BCUT2D eigenvalue weighted by Crippen LogP contribution is -2.05. The lowest BCUT2D eigenvalue weighted by atomic mass is 9.84. The highest BCUT2D eigenvalue weighted by molar-refractivity contribution is 14.1. The van der Waals surface area contributed by atoms with Crippen molar-refractivity contribution in [2.75, 3.05) is 0 Å². The predicted octanol–water partition coefficient (Wildman–Crippen LogP) is 10.1. The minimum Gasteiger partial charge on any atom is -0.345 e. The van der Waals surface area contributed by atoms with Crippen molar-refractivity contribution in [2.45, 2.75) is 80.9 Å². The van der Waals surface area contributed by atoms with Gasteiger partial charge in [0.25, 0.3) is 9.05 Å². The third kappa shape index (κ3) is 8.52. The number of hydrogen-bond acceptors (Lipinski definition) is 4. The Balaban J connectivity index is 0.000000133. The molecular formula is C33H37ClI2N4O2S. The van der Waals surface area contributed by atoms with E-state index in [0.717, 1.165) is 23.1 Å². The summed E-state index contributed by atoms with van der Waals surface area (Å²) in [7, 11) is 3.57. The number of benzene rings is 1. The van der Waals surface area contributed by atoms with Gasteiger partial charge < -0.3 is 9.55 Å². The summed E-state index contributed by atoms with van der Waals surface area (Å²) < 4.78 is 25.9. The van der Waals surface area contributed by atoms with E-state index in [4.69, 9.17) is 10.7 Å². The molecular weight excluding hydrogens is 806 g/mol. The summed E-state index contributed by atoms with van der Waals surface area (Å²) in [6.45, 7) is 0. The second kappa shape index (κ2) is 15.1. The van der Waals surface area contributed by atoms with Crippen LogP contribution in [0.4, 0.5) is 0 Å². The van der Waals surface area contributed by atoms with E-state index < -0.39 is 9.05 Å². The number of aryl methyl sites for hydroxylation is 1. The molecule has 2 aliphatic rings. The minimum absolute atomic E-state index is 0.136. The van der Waals surface area contributed by atoms with Gasteiger partial charge in [-0.25, -0.2) is 18.4 Å².